The number of aryl methyl sites for hydroxylation is 1. The van der Waals surface area contributed by atoms with Gasteiger partial charge in [0.25, 0.3) is 5.91 Å². The summed E-state index contributed by atoms with van der Waals surface area (Å²) in [5.74, 6) is 1.55. The molecule has 3 aliphatic rings. The van der Waals surface area contributed by atoms with E-state index in [9.17, 15) is 9.59 Å². The molecule has 0 aliphatic heterocycles. The first-order chi connectivity index (χ1) is 10.1. The van der Waals surface area contributed by atoms with Gasteiger partial charge in [-0.3, -0.25) is 9.59 Å². The number of H-pyrrole nitrogens is 1. The van der Waals surface area contributed by atoms with Gasteiger partial charge in [-0.05, 0) is 62.8 Å². The van der Waals surface area contributed by atoms with Crippen LogP contribution < -0.4 is 5.32 Å². The summed E-state index contributed by atoms with van der Waals surface area (Å²) >= 11 is 0. The largest absolute Gasteiger partial charge is 0.354 e. The molecule has 0 unspecified atom stereocenters. The smallest absolute Gasteiger partial charge is 0.268 e. The highest BCUT2D eigenvalue weighted by Crippen LogP contribution is 2.44. The first-order valence-electron chi connectivity index (χ1n) is 8.20. The molecule has 0 radical (unpaired) electrons. The second-order valence-electron chi connectivity index (χ2n) is 6.93. The Hall–Kier alpha value is -1.58. The van der Waals surface area contributed by atoms with Crippen LogP contribution in [0.25, 0.3) is 0 Å². The average molecular weight is 286 g/mol. The highest BCUT2D eigenvalue weighted by molar-refractivity contribution is 6.04. The molecule has 1 amide bonds. The van der Waals surface area contributed by atoms with Crippen molar-refractivity contribution in [3.05, 3.63) is 22.5 Å². The summed E-state index contributed by atoms with van der Waals surface area (Å²) in [7, 11) is 0. The van der Waals surface area contributed by atoms with Crippen molar-refractivity contribution in [2.24, 2.45) is 11.8 Å². The van der Waals surface area contributed by atoms with Crippen LogP contribution in [0.2, 0.25) is 0 Å². The predicted octanol–water partition coefficient (Wildman–Crippen LogP) is 2.76. The summed E-state index contributed by atoms with van der Waals surface area (Å²) in [4.78, 5) is 27.9. The van der Waals surface area contributed by atoms with Gasteiger partial charge in [0.05, 0.1) is 0 Å². The van der Waals surface area contributed by atoms with Crippen LogP contribution in [0.5, 0.6) is 0 Å². The quantitative estimate of drug-likeness (QED) is 0.894. The van der Waals surface area contributed by atoms with Crippen LogP contribution in [-0.4, -0.2) is 22.7 Å². The Balaban J connectivity index is 1.58. The predicted molar refractivity (Wildman–Crippen MR) is 79.5 cm³/mol. The van der Waals surface area contributed by atoms with Crippen LogP contribution in [0.3, 0.4) is 0 Å². The minimum absolute atomic E-state index is 0.0153. The second-order valence-corrected chi connectivity index (χ2v) is 6.93. The third-order valence-electron chi connectivity index (χ3n) is 5.22. The number of rotatable bonds is 4. The van der Waals surface area contributed by atoms with Crippen LogP contribution in [0, 0.1) is 18.8 Å². The van der Waals surface area contributed by atoms with Gasteiger partial charge in [-0.2, -0.15) is 0 Å². The van der Waals surface area contributed by atoms with Gasteiger partial charge in [0.2, 0.25) is 0 Å². The van der Waals surface area contributed by atoms with Crippen LogP contribution in [0.1, 0.15) is 70.6 Å². The van der Waals surface area contributed by atoms with Gasteiger partial charge in [0, 0.05) is 23.7 Å². The van der Waals surface area contributed by atoms with Gasteiger partial charge in [-0.25, -0.2) is 0 Å². The van der Waals surface area contributed by atoms with Crippen LogP contribution in [0.4, 0.5) is 0 Å². The number of aromatic nitrogens is 1. The number of aromatic amines is 1. The molecular weight excluding hydrogens is 264 g/mol. The van der Waals surface area contributed by atoms with Crippen molar-refractivity contribution in [1.29, 1.82) is 0 Å². The van der Waals surface area contributed by atoms with Gasteiger partial charge in [0.1, 0.15) is 5.69 Å². The van der Waals surface area contributed by atoms with Crippen LogP contribution in [-0.2, 0) is 6.42 Å². The number of Topliss-reactive ketones (excluding diaryl/α,β-unsaturated/α-hetero) is 1. The average Bonchev–Trinajstić information content (AvgIpc) is 3.35. The first kappa shape index (κ1) is 13.1. The van der Waals surface area contributed by atoms with Gasteiger partial charge in [-0.15, -0.1) is 0 Å². The summed E-state index contributed by atoms with van der Waals surface area (Å²) < 4.78 is 0. The van der Waals surface area contributed by atoms with Gasteiger partial charge in [-0.1, -0.05) is 0 Å². The molecule has 0 spiro atoms. The summed E-state index contributed by atoms with van der Waals surface area (Å²) in [5.41, 5.74) is 3.20. The highest BCUT2D eigenvalue weighted by Gasteiger charge is 2.42. The lowest BCUT2D eigenvalue weighted by Gasteiger charge is -2.17. The maximum Gasteiger partial charge on any atom is 0.268 e. The third-order valence-corrected chi connectivity index (χ3v) is 5.22. The van der Waals surface area contributed by atoms with E-state index in [1.54, 1.807) is 0 Å². The summed E-state index contributed by atoms with van der Waals surface area (Å²) in [5, 5.41) is 3.24. The van der Waals surface area contributed by atoms with E-state index in [0.29, 0.717) is 30.0 Å². The van der Waals surface area contributed by atoms with Crippen LogP contribution >= 0.6 is 0 Å². The van der Waals surface area contributed by atoms with Crippen molar-refractivity contribution in [2.75, 3.05) is 0 Å². The van der Waals surface area contributed by atoms with E-state index in [0.717, 1.165) is 29.7 Å². The van der Waals surface area contributed by atoms with E-state index in [1.165, 1.54) is 25.7 Å². The molecule has 4 rings (SSSR count). The van der Waals surface area contributed by atoms with Crippen molar-refractivity contribution < 1.29 is 9.59 Å². The number of carbonyl (C=O) groups is 2. The zero-order valence-corrected chi connectivity index (χ0v) is 12.5. The molecule has 0 aromatic carbocycles. The molecular formula is C17H22N2O2. The molecule has 4 heteroatoms. The Labute approximate surface area is 124 Å². The van der Waals surface area contributed by atoms with Crippen molar-refractivity contribution in [1.82, 2.24) is 10.3 Å². The monoisotopic (exact) mass is 286 g/mol. The number of ketones is 1. The topological polar surface area (TPSA) is 62.0 Å². The summed E-state index contributed by atoms with van der Waals surface area (Å²) in [6.45, 7) is 1.90. The van der Waals surface area contributed by atoms with Crippen molar-refractivity contribution in [3.63, 3.8) is 0 Å². The second kappa shape index (κ2) is 4.72. The molecule has 0 bridgehead atoms. The number of nitrogens with one attached hydrogen (secondary N) is 2. The molecule has 3 aliphatic carbocycles. The van der Waals surface area contributed by atoms with E-state index >= 15 is 0 Å². The van der Waals surface area contributed by atoms with Crippen molar-refractivity contribution in [3.8, 4) is 0 Å². The zero-order valence-electron chi connectivity index (χ0n) is 12.5. The first-order valence-corrected chi connectivity index (χ1v) is 8.20. The lowest BCUT2D eigenvalue weighted by Crippen LogP contribution is -2.38. The van der Waals surface area contributed by atoms with E-state index in [4.69, 9.17) is 0 Å². The molecule has 1 aromatic rings. The number of fused-ring (bicyclic) bond motifs is 1. The lowest BCUT2D eigenvalue weighted by molar-refractivity contribution is 0.0920. The molecule has 0 atom stereocenters. The minimum Gasteiger partial charge on any atom is -0.354 e. The molecule has 2 N–H and O–H groups in total. The number of amides is 1. The number of hydrogen-bond acceptors (Lipinski definition) is 2. The van der Waals surface area contributed by atoms with Gasteiger partial charge in [0.15, 0.2) is 5.78 Å². The molecule has 112 valence electrons. The molecule has 1 heterocycles. The van der Waals surface area contributed by atoms with Gasteiger partial charge < -0.3 is 10.3 Å². The minimum atomic E-state index is -0.0153. The molecule has 0 saturated heterocycles. The Morgan fingerprint density at radius 2 is 1.86 bits per heavy atom. The Kier molecular flexibility index (Phi) is 2.95. The molecule has 4 nitrogen and oxygen atoms in total. The lowest BCUT2D eigenvalue weighted by atomic mass is 9.93. The highest BCUT2D eigenvalue weighted by atomic mass is 16.2. The van der Waals surface area contributed by atoms with E-state index in [2.05, 4.69) is 10.3 Å². The van der Waals surface area contributed by atoms with E-state index in [1.807, 2.05) is 6.92 Å². The zero-order chi connectivity index (χ0) is 14.6. The fourth-order valence-corrected chi connectivity index (χ4v) is 3.76. The van der Waals surface area contributed by atoms with Crippen molar-refractivity contribution in [2.45, 2.75) is 57.9 Å². The van der Waals surface area contributed by atoms with E-state index < -0.39 is 0 Å². The molecule has 21 heavy (non-hydrogen) atoms. The standard InChI is InChI=1S/C17H22N2O2/c1-9-14-12(3-2-4-13(14)20)18-15(9)17(21)19-16(10-5-6-10)11-7-8-11/h10-11,16,18H,2-8H2,1H3,(H,19,21). The number of carbonyl (C=O) groups excluding carboxylic acids is 2. The Morgan fingerprint density at radius 1 is 1.19 bits per heavy atom. The van der Waals surface area contributed by atoms with Crippen LogP contribution in [0.15, 0.2) is 0 Å². The molecule has 2 fully saturated rings. The summed E-state index contributed by atoms with van der Waals surface area (Å²) in [6.07, 6.45) is 7.38. The van der Waals surface area contributed by atoms with Crippen molar-refractivity contribution >= 4 is 11.7 Å². The summed E-state index contributed by atoms with van der Waals surface area (Å²) in [6, 6.07) is 0.355. The molecule has 1 aromatic heterocycles. The Bertz CT molecular complexity index is 597. The third kappa shape index (κ3) is 2.30. The fraction of sp³-hybridized carbons (Fsp3) is 0.647. The normalized spacial score (nSPS) is 21.5. The Morgan fingerprint density at radius 3 is 2.43 bits per heavy atom. The van der Waals surface area contributed by atoms with Gasteiger partial charge >= 0.3 is 0 Å². The maximum absolute atomic E-state index is 12.6. The fourth-order valence-electron chi connectivity index (χ4n) is 3.76. The SMILES string of the molecule is Cc1c(C(=O)NC(C2CC2)C2CC2)[nH]c2c1C(=O)CCC2. The molecule has 2 saturated carbocycles. The number of hydrogen-bond donors (Lipinski definition) is 2. The maximum atomic E-state index is 12.6. The van der Waals surface area contributed by atoms with E-state index in [-0.39, 0.29) is 11.7 Å².